The second kappa shape index (κ2) is 51.7. The van der Waals surface area contributed by atoms with Gasteiger partial charge in [-0.3, -0.25) is 14.4 Å². The summed E-state index contributed by atoms with van der Waals surface area (Å²) >= 11 is 0. The smallest absolute Gasteiger partial charge is 0.306 e. The predicted molar refractivity (Wildman–Crippen MR) is 270 cm³/mol. The van der Waals surface area contributed by atoms with E-state index in [9.17, 15) is 14.4 Å². The second-order valence-corrected chi connectivity index (χ2v) is 17.8. The molecule has 63 heavy (non-hydrogen) atoms. The minimum absolute atomic E-state index is 0.0936. The van der Waals surface area contributed by atoms with Crippen LogP contribution in [-0.2, 0) is 28.6 Å². The Bertz CT molecular complexity index is 1150. The number of allylic oxidation sites excluding steroid dienone is 10. The number of hydrogen-bond donors (Lipinski definition) is 0. The van der Waals surface area contributed by atoms with Crippen LogP contribution >= 0.6 is 0 Å². The van der Waals surface area contributed by atoms with E-state index in [-0.39, 0.29) is 37.5 Å². The number of ether oxygens (including phenoxy) is 3. The molecule has 0 fully saturated rings. The van der Waals surface area contributed by atoms with Gasteiger partial charge in [-0.2, -0.15) is 0 Å². The zero-order valence-corrected chi connectivity index (χ0v) is 41.6. The lowest BCUT2D eigenvalue weighted by molar-refractivity contribution is -0.167. The highest BCUT2D eigenvalue weighted by molar-refractivity contribution is 5.71. The molecule has 0 aliphatic carbocycles. The van der Waals surface area contributed by atoms with Crippen LogP contribution in [0.2, 0.25) is 0 Å². The Kier molecular flexibility index (Phi) is 49.4. The van der Waals surface area contributed by atoms with Crippen LogP contribution in [0.25, 0.3) is 0 Å². The first-order valence-electron chi connectivity index (χ1n) is 26.8. The molecule has 1 atom stereocenters. The standard InChI is InChI=1S/C57H100O6/c1-4-7-10-13-16-19-22-25-27-29-31-32-35-38-41-44-47-50-56(59)62-53-54(52-61-55(58)49-46-43-40-37-34-24-21-18-15-12-9-6-3)63-57(60)51-48-45-42-39-36-33-30-28-26-23-20-17-14-11-8-5-2/h16,18-19,21,25,27,31-32,38,41,54H,4-15,17,20,22-24,26,28-30,33-37,39-40,42-53H2,1-3H3/b19-16-,21-18-,27-25-,32-31-,41-38-. The van der Waals surface area contributed by atoms with Crippen molar-refractivity contribution < 1.29 is 28.6 Å². The molecular formula is C57H100O6. The fourth-order valence-electron chi connectivity index (χ4n) is 7.43. The largest absolute Gasteiger partial charge is 0.462 e. The molecule has 0 aliphatic rings. The maximum Gasteiger partial charge on any atom is 0.306 e. The van der Waals surface area contributed by atoms with Crippen LogP contribution < -0.4 is 0 Å². The summed E-state index contributed by atoms with van der Waals surface area (Å²) in [4.78, 5) is 38.0. The molecule has 0 aromatic rings. The number of carbonyl (C=O) groups excluding carboxylic acids is 3. The first kappa shape index (κ1) is 60.1. The molecule has 0 spiro atoms. The van der Waals surface area contributed by atoms with Crippen molar-refractivity contribution in [1.82, 2.24) is 0 Å². The van der Waals surface area contributed by atoms with Gasteiger partial charge in [-0.1, -0.05) is 223 Å². The lowest BCUT2D eigenvalue weighted by Crippen LogP contribution is -2.30. The van der Waals surface area contributed by atoms with Crippen molar-refractivity contribution in [2.45, 2.75) is 271 Å². The van der Waals surface area contributed by atoms with Gasteiger partial charge in [0.2, 0.25) is 0 Å². The Morgan fingerprint density at radius 2 is 0.587 bits per heavy atom. The van der Waals surface area contributed by atoms with Crippen LogP contribution in [0, 0.1) is 0 Å². The Hall–Kier alpha value is -2.89. The van der Waals surface area contributed by atoms with E-state index in [0.29, 0.717) is 19.3 Å². The average molecular weight is 881 g/mol. The van der Waals surface area contributed by atoms with Crippen LogP contribution in [0.5, 0.6) is 0 Å². The van der Waals surface area contributed by atoms with Crippen molar-refractivity contribution in [2.75, 3.05) is 13.2 Å². The Morgan fingerprint density at radius 3 is 1.00 bits per heavy atom. The lowest BCUT2D eigenvalue weighted by atomic mass is 10.0. The van der Waals surface area contributed by atoms with Crippen molar-refractivity contribution in [3.8, 4) is 0 Å². The van der Waals surface area contributed by atoms with Crippen LogP contribution in [0.4, 0.5) is 0 Å². The molecule has 0 saturated carbocycles. The lowest BCUT2D eigenvalue weighted by Gasteiger charge is -2.18. The molecule has 0 saturated heterocycles. The molecule has 0 aromatic heterocycles. The van der Waals surface area contributed by atoms with Crippen LogP contribution in [0.15, 0.2) is 60.8 Å². The quantitative estimate of drug-likeness (QED) is 0.0262. The normalized spacial score (nSPS) is 12.5. The Labute approximate surface area is 390 Å². The van der Waals surface area contributed by atoms with Gasteiger partial charge >= 0.3 is 17.9 Å². The summed E-state index contributed by atoms with van der Waals surface area (Å²) in [5, 5.41) is 0. The molecule has 1 unspecified atom stereocenters. The highest BCUT2D eigenvalue weighted by Gasteiger charge is 2.19. The van der Waals surface area contributed by atoms with Crippen molar-refractivity contribution in [3.05, 3.63) is 60.8 Å². The molecule has 0 amide bonds. The third-order valence-electron chi connectivity index (χ3n) is 11.5. The van der Waals surface area contributed by atoms with E-state index in [1.807, 2.05) is 0 Å². The van der Waals surface area contributed by atoms with Gasteiger partial charge in [-0.25, -0.2) is 0 Å². The van der Waals surface area contributed by atoms with Crippen molar-refractivity contribution >= 4 is 17.9 Å². The maximum absolute atomic E-state index is 12.8. The van der Waals surface area contributed by atoms with Crippen LogP contribution in [0.1, 0.15) is 265 Å². The molecule has 0 heterocycles. The van der Waals surface area contributed by atoms with Gasteiger partial charge < -0.3 is 14.2 Å². The summed E-state index contributed by atoms with van der Waals surface area (Å²) in [6, 6.07) is 0. The fraction of sp³-hybridized carbons (Fsp3) is 0.772. The van der Waals surface area contributed by atoms with E-state index < -0.39 is 6.10 Å². The van der Waals surface area contributed by atoms with Gasteiger partial charge in [-0.15, -0.1) is 0 Å². The molecule has 0 rings (SSSR count). The zero-order chi connectivity index (χ0) is 45.8. The minimum Gasteiger partial charge on any atom is -0.462 e. The third-order valence-corrected chi connectivity index (χ3v) is 11.5. The van der Waals surface area contributed by atoms with Gasteiger partial charge in [0.15, 0.2) is 6.10 Å². The van der Waals surface area contributed by atoms with Gasteiger partial charge in [0.05, 0.1) is 0 Å². The van der Waals surface area contributed by atoms with Gasteiger partial charge in [0.25, 0.3) is 0 Å². The van der Waals surface area contributed by atoms with Crippen molar-refractivity contribution in [3.63, 3.8) is 0 Å². The molecule has 0 N–H and O–H groups in total. The SMILES string of the molecule is CCCCC/C=C\C/C=C\C/C=C\C/C=C\CCCC(=O)OCC(COC(=O)CCCCCCC/C=C\CCCCC)OC(=O)CCCCCCCCCCCCCCCCCC. The Balaban J connectivity index is 4.44. The first-order valence-corrected chi connectivity index (χ1v) is 26.8. The first-order chi connectivity index (χ1) is 31.0. The number of hydrogen-bond acceptors (Lipinski definition) is 6. The molecule has 0 aromatic carbocycles. The molecule has 0 radical (unpaired) electrons. The molecule has 0 bridgehead atoms. The zero-order valence-electron chi connectivity index (χ0n) is 41.6. The Morgan fingerprint density at radius 1 is 0.317 bits per heavy atom. The molecule has 6 nitrogen and oxygen atoms in total. The summed E-state index contributed by atoms with van der Waals surface area (Å²) in [6.07, 6.45) is 63.5. The molecule has 0 aliphatic heterocycles. The van der Waals surface area contributed by atoms with Crippen molar-refractivity contribution in [1.29, 1.82) is 0 Å². The monoisotopic (exact) mass is 881 g/mol. The summed E-state index contributed by atoms with van der Waals surface area (Å²) in [5.41, 5.74) is 0. The summed E-state index contributed by atoms with van der Waals surface area (Å²) in [6.45, 7) is 6.55. The average Bonchev–Trinajstić information content (AvgIpc) is 3.28. The molecule has 364 valence electrons. The molecular weight excluding hydrogens is 781 g/mol. The van der Waals surface area contributed by atoms with E-state index in [0.717, 1.165) is 70.6 Å². The topological polar surface area (TPSA) is 78.9 Å². The summed E-state index contributed by atoms with van der Waals surface area (Å²) in [5.74, 6) is -0.953. The number of rotatable bonds is 48. The maximum atomic E-state index is 12.8. The number of esters is 3. The van der Waals surface area contributed by atoms with E-state index in [4.69, 9.17) is 14.2 Å². The van der Waals surface area contributed by atoms with E-state index in [1.54, 1.807) is 0 Å². The summed E-state index contributed by atoms with van der Waals surface area (Å²) < 4.78 is 16.8. The van der Waals surface area contributed by atoms with E-state index in [1.165, 1.54) is 148 Å². The van der Waals surface area contributed by atoms with Crippen LogP contribution in [-0.4, -0.2) is 37.2 Å². The van der Waals surface area contributed by atoms with Gasteiger partial charge in [-0.05, 0) is 83.5 Å². The minimum atomic E-state index is -0.796. The third kappa shape index (κ3) is 50.0. The van der Waals surface area contributed by atoms with E-state index in [2.05, 4.69) is 81.5 Å². The van der Waals surface area contributed by atoms with Crippen LogP contribution in [0.3, 0.4) is 0 Å². The number of unbranched alkanes of at least 4 members (excludes halogenated alkanes) is 27. The van der Waals surface area contributed by atoms with Crippen molar-refractivity contribution in [2.24, 2.45) is 0 Å². The molecule has 6 heteroatoms. The summed E-state index contributed by atoms with van der Waals surface area (Å²) in [7, 11) is 0. The number of carbonyl (C=O) groups is 3. The van der Waals surface area contributed by atoms with E-state index >= 15 is 0 Å². The van der Waals surface area contributed by atoms with Gasteiger partial charge in [0, 0.05) is 19.3 Å². The highest BCUT2D eigenvalue weighted by Crippen LogP contribution is 2.15. The second-order valence-electron chi connectivity index (χ2n) is 17.8. The highest BCUT2D eigenvalue weighted by atomic mass is 16.6. The fourth-order valence-corrected chi connectivity index (χ4v) is 7.43. The van der Waals surface area contributed by atoms with Gasteiger partial charge in [0.1, 0.15) is 13.2 Å². The predicted octanol–water partition coefficient (Wildman–Crippen LogP) is 17.6.